The molecule has 0 aromatic heterocycles. The van der Waals surface area contributed by atoms with Crippen molar-refractivity contribution < 1.29 is 18.0 Å². The van der Waals surface area contributed by atoms with Crippen molar-refractivity contribution >= 4 is 27.5 Å². The highest BCUT2D eigenvalue weighted by Crippen LogP contribution is 2.21. The Hall–Kier alpha value is -2.71. The fraction of sp³-hybridized carbons (Fsp3) is 0.417. The summed E-state index contributed by atoms with van der Waals surface area (Å²) in [6.07, 6.45) is 3.69. The molecule has 0 saturated carbocycles. The molecule has 1 aliphatic heterocycles. The molecule has 0 atom stereocenters. The van der Waals surface area contributed by atoms with E-state index in [0.717, 1.165) is 30.4 Å². The van der Waals surface area contributed by atoms with Crippen LogP contribution in [0.3, 0.4) is 0 Å². The quantitative estimate of drug-likeness (QED) is 0.658. The molecule has 8 heteroatoms. The van der Waals surface area contributed by atoms with Gasteiger partial charge in [-0.25, -0.2) is 8.42 Å². The maximum Gasteiger partial charge on any atom is 0.243 e. The summed E-state index contributed by atoms with van der Waals surface area (Å²) in [5.74, 6) is -0.138. The molecule has 0 spiro atoms. The smallest absolute Gasteiger partial charge is 0.243 e. The number of rotatable bonds is 8. The van der Waals surface area contributed by atoms with Gasteiger partial charge >= 0.3 is 0 Å². The van der Waals surface area contributed by atoms with Gasteiger partial charge < -0.3 is 10.2 Å². The maximum absolute atomic E-state index is 12.7. The Kier molecular flexibility index (Phi) is 8.04. The van der Waals surface area contributed by atoms with E-state index in [2.05, 4.69) is 5.32 Å². The van der Waals surface area contributed by atoms with Crippen LogP contribution in [0.25, 0.3) is 0 Å². The molecule has 2 amide bonds. The van der Waals surface area contributed by atoms with Crippen molar-refractivity contribution in [3.05, 3.63) is 59.7 Å². The van der Waals surface area contributed by atoms with Crippen LogP contribution in [0.5, 0.6) is 0 Å². The van der Waals surface area contributed by atoms with Gasteiger partial charge in [-0.2, -0.15) is 4.31 Å². The second-order valence-electron chi connectivity index (χ2n) is 8.23. The number of hydrogen-bond donors (Lipinski definition) is 1. The molecule has 0 unspecified atom stereocenters. The first-order chi connectivity index (χ1) is 15.3. The Morgan fingerprint density at radius 2 is 1.69 bits per heavy atom. The van der Waals surface area contributed by atoms with Crippen LogP contribution in [0.4, 0.5) is 5.69 Å². The molecule has 7 nitrogen and oxygen atoms in total. The van der Waals surface area contributed by atoms with E-state index in [0.29, 0.717) is 36.6 Å². The number of aryl methyl sites for hydroxylation is 1. The largest absolute Gasteiger partial charge is 0.342 e. The average Bonchev–Trinajstić information content (AvgIpc) is 2.79. The van der Waals surface area contributed by atoms with E-state index < -0.39 is 10.0 Å². The van der Waals surface area contributed by atoms with E-state index in [1.54, 1.807) is 40.5 Å². The summed E-state index contributed by atoms with van der Waals surface area (Å²) in [4.78, 5) is 25.7. The van der Waals surface area contributed by atoms with Crippen LogP contribution in [-0.4, -0.2) is 49.6 Å². The number of carbonyl (C=O) groups is 2. The number of hydrogen-bond acceptors (Lipinski definition) is 4. The summed E-state index contributed by atoms with van der Waals surface area (Å²) in [6.45, 7) is 3.15. The van der Waals surface area contributed by atoms with Crippen molar-refractivity contribution in [2.75, 3.05) is 25.5 Å². The van der Waals surface area contributed by atoms with E-state index >= 15 is 0 Å². The molecule has 172 valence electrons. The zero-order chi connectivity index (χ0) is 23.1. The maximum atomic E-state index is 12.7. The molecule has 1 saturated heterocycles. The van der Waals surface area contributed by atoms with Crippen LogP contribution < -0.4 is 5.32 Å². The number of piperidine rings is 1. The predicted molar refractivity (Wildman–Crippen MR) is 125 cm³/mol. The molecule has 1 N–H and O–H groups in total. The highest BCUT2D eigenvalue weighted by atomic mass is 32.2. The first kappa shape index (κ1) is 23.9. The van der Waals surface area contributed by atoms with E-state index in [4.69, 9.17) is 0 Å². The molecular weight excluding hydrogens is 426 g/mol. The lowest BCUT2D eigenvalue weighted by atomic mass is 10.1. The summed E-state index contributed by atoms with van der Waals surface area (Å²) in [5.41, 5.74) is 2.54. The van der Waals surface area contributed by atoms with Gasteiger partial charge in [0.2, 0.25) is 21.8 Å². The molecule has 2 aromatic carbocycles. The summed E-state index contributed by atoms with van der Waals surface area (Å²) >= 11 is 0. The molecule has 0 bridgehead atoms. The van der Waals surface area contributed by atoms with Gasteiger partial charge in [0.15, 0.2) is 0 Å². The third kappa shape index (κ3) is 6.40. The van der Waals surface area contributed by atoms with Crippen LogP contribution in [0.2, 0.25) is 0 Å². The molecule has 0 aliphatic carbocycles. The first-order valence-corrected chi connectivity index (χ1v) is 12.4. The first-order valence-electron chi connectivity index (χ1n) is 11.0. The lowest BCUT2D eigenvalue weighted by molar-refractivity contribution is -0.128. The van der Waals surface area contributed by atoms with Gasteiger partial charge in [0.05, 0.1) is 4.90 Å². The number of benzene rings is 2. The van der Waals surface area contributed by atoms with E-state index in [1.165, 1.54) is 6.92 Å². The number of anilines is 1. The van der Waals surface area contributed by atoms with E-state index in [-0.39, 0.29) is 18.2 Å². The Balaban J connectivity index is 1.53. The van der Waals surface area contributed by atoms with Crippen molar-refractivity contribution in [2.24, 2.45) is 0 Å². The number of sulfonamides is 1. The molecule has 3 rings (SSSR count). The van der Waals surface area contributed by atoms with Gasteiger partial charge in [-0.15, -0.1) is 0 Å². The third-order valence-electron chi connectivity index (χ3n) is 5.68. The lowest BCUT2D eigenvalue weighted by Crippen LogP contribution is -2.35. The summed E-state index contributed by atoms with van der Waals surface area (Å²) in [6, 6.07) is 14.3. The molecule has 0 radical (unpaired) electrons. The van der Waals surface area contributed by atoms with Crippen LogP contribution in [0.15, 0.2) is 53.4 Å². The number of carbonyl (C=O) groups excluding carboxylic acids is 2. The molecule has 1 fully saturated rings. The lowest BCUT2D eigenvalue weighted by Gasteiger charge is -2.25. The normalized spacial score (nSPS) is 14.7. The van der Waals surface area contributed by atoms with E-state index in [1.807, 2.05) is 24.3 Å². The van der Waals surface area contributed by atoms with Gasteiger partial charge in [0.25, 0.3) is 0 Å². The van der Waals surface area contributed by atoms with Gasteiger partial charge in [-0.1, -0.05) is 30.7 Å². The average molecular weight is 458 g/mol. The van der Waals surface area contributed by atoms with Crippen molar-refractivity contribution in [3.8, 4) is 0 Å². The third-order valence-corrected chi connectivity index (χ3v) is 7.60. The molecule has 2 aromatic rings. The standard InChI is InChI=1S/C24H31N3O4S/c1-19(28)26(2)18-21-7-6-8-22(17-21)25-24(29)14-11-20-9-12-23(13-10-20)32(30,31)27-15-4-3-5-16-27/h6-10,12-13,17H,3-5,11,14-16,18H2,1-2H3,(H,25,29). The number of amides is 2. The SMILES string of the molecule is CC(=O)N(C)Cc1cccc(NC(=O)CCc2ccc(S(=O)(=O)N3CCCCC3)cc2)c1. The van der Waals surface area contributed by atoms with Crippen LogP contribution in [-0.2, 0) is 32.6 Å². The molecule has 1 aliphatic rings. The fourth-order valence-corrected chi connectivity index (χ4v) is 5.21. The molecular formula is C24H31N3O4S. The van der Waals surface area contributed by atoms with E-state index in [9.17, 15) is 18.0 Å². The topological polar surface area (TPSA) is 86.8 Å². The van der Waals surface area contributed by atoms with Gasteiger partial charge in [-0.05, 0) is 54.7 Å². The van der Waals surface area contributed by atoms with Crippen LogP contribution in [0.1, 0.15) is 43.7 Å². The second kappa shape index (κ2) is 10.7. The summed E-state index contributed by atoms with van der Waals surface area (Å²) in [7, 11) is -1.71. The zero-order valence-corrected chi connectivity index (χ0v) is 19.5. The second-order valence-corrected chi connectivity index (χ2v) is 10.2. The zero-order valence-electron chi connectivity index (χ0n) is 18.7. The van der Waals surface area contributed by atoms with Gasteiger partial charge in [-0.3, -0.25) is 9.59 Å². The Labute approximate surface area is 190 Å². The molecule has 1 heterocycles. The Morgan fingerprint density at radius 1 is 1.00 bits per heavy atom. The molecule has 32 heavy (non-hydrogen) atoms. The summed E-state index contributed by atoms with van der Waals surface area (Å²) in [5, 5.41) is 2.89. The summed E-state index contributed by atoms with van der Waals surface area (Å²) < 4.78 is 27.0. The van der Waals surface area contributed by atoms with Crippen molar-refractivity contribution in [3.63, 3.8) is 0 Å². The van der Waals surface area contributed by atoms with Crippen LogP contribution >= 0.6 is 0 Å². The number of nitrogens with zero attached hydrogens (tertiary/aromatic N) is 2. The minimum Gasteiger partial charge on any atom is -0.342 e. The number of nitrogens with one attached hydrogen (secondary N) is 1. The Bertz CT molecular complexity index is 1050. The predicted octanol–water partition coefficient (Wildman–Crippen LogP) is 3.41. The minimum absolute atomic E-state index is 0.0193. The minimum atomic E-state index is -3.44. The monoisotopic (exact) mass is 457 g/mol. The van der Waals surface area contributed by atoms with Gasteiger partial charge in [0.1, 0.15) is 0 Å². The highest BCUT2D eigenvalue weighted by molar-refractivity contribution is 7.89. The fourth-order valence-electron chi connectivity index (χ4n) is 3.70. The van der Waals surface area contributed by atoms with Crippen molar-refractivity contribution in [1.82, 2.24) is 9.21 Å². The van der Waals surface area contributed by atoms with Crippen molar-refractivity contribution in [2.45, 2.75) is 50.5 Å². The van der Waals surface area contributed by atoms with Crippen molar-refractivity contribution in [1.29, 1.82) is 0 Å². The van der Waals surface area contributed by atoms with Crippen LogP contribution in [0, 0.1) is 0 Å². The Morgan fingerprint density at radius 3 is 2.34 bits per heavy atom. The van der Waals surface area contributed by atoms with Gasteiger partial charge in [0, 0.05) is 45.7 Å². The highest BCUT2D eigenvalue weighted by Gasteiger charge is 2.25.